The van der Waals surface area contributed by atoms with E-state index in [9.17, 15) is 4.79 Å². The second-order valence-electron chi connectivity index (χ2n) is 9.77. The average molecular weight is 470 g/mol. The summed E-state index contributed by atoms with van der Waals surface area (Å²) in [5, 5.41) is 7.23. The van der Waals surface area contributed by atoms with Crippen LogP contribution in [0.4, 0.5) is 11.6 Å². The van der Waals surface area contributed by atoms with Crippen molar-refractivity contribution in [3.05, 3.63) is 53.4 Å². The third-order valence-electron chi connectivity index (χ3n) is 7.31. The van der Waals surface area contributed by atoms with Crippen LogP contribution in [0.3, 0.4) is 0 Å². The van der Waals surface area contributed by atoms with Crippen LogP contribution in [0.1, 0.15) is 61.5 Å². The Morgan fingerprint density at radius 1 is 1.14 bits per heavy atom. The van der Waals surface area contributed by atoms with Crippen LogP contribution in [-0.2, 0) is 16.6 Å². The predicted molar refractivity (Wildman–Crippen MR) is 131 cm³/mol. The molecule has 0 bridgehead atoms. The number of pyridine rings is 1. The summed E-state index contributed by atoms with van der Waals surface area (Å²) in [5.41, 5.74) is 9.69. The minimum Gasteiger partial charge on any atom is -0.383 e. The Hall–Kier alpha value is -3.95. The largest absolute Gasteiger partial charge is 0.383 e. The van der Waals surface area contributed by atoms with Gasteiger partial charge in [-0.05, 0) is 37.8 Å². The number of carbonyl (C=O) groups excluding carboxylic acids is 1. The Bertz CT molecular complexity index is 1440. The van der Waals surface area contributed by atoms with Gasteiger partial charge in [0.2, 0.25) is 5.91 Å². The summed E-state index contributed by atoms with van der Waals surface area (Å²) >= 11 is 0. The standard InChI is InChI=1S/C25H27N9O/c1-14-8-9-18(27-11-14)25(2)19-20(26)31-21(32-22(19)33-24(25)35)17-12-34-23(28-13-29-34)16(30-17)10-15-6-4-3-5-7-15/h8-9,11-13,15H,3-7,10H2,1-2H3,(H3,26,31,32,33,35). The molecule has 0 radical (unpaired) electrons. The van der Waals surface area contributed by atoms with Gasteiger partial charge < -0.3 is 11.1 Å². The van der Waals surface area contributed by atoms with Gasteiger partial charge in [-0.25, -0.2) is 24.5 Å². The van der Waals surface area contributed by atoms with E-state index in [1.165, 1.54) is 38.4 Å². The van der Waals surface area contributed by atoms with Gasteiger partial charge >= 0.3 is 0 Å². The van der Waals surface area contributed by atoms with E-state index >= 15 is 0 Å². The van der Waals surface area contributed by atoms with Gasteiger partial charge in [-0.15, -0.1) is 0 Å². The Labute approximate surface area is 202 Å². The first kappa shape index (κ1) is 21.6. The molecule has 1 unspecified atom stereocenters. The van der Waals surface area contributed by atoms with E-state index in [-0.39, 0.29) is 11.7 Å². The first-order chi connectivity index (χ1) is 16.9. The Kier molecular flexibility index (Phi) is 4.98. The lowest BCUT2D eigenvalue weighted by Crippen LogP contribution is -2.33. The van der Waals surface area contributed by atoms with Gasteiger partial charge in [0.05, 0.1) is 23.1 Å². The summed E-state index contributed by atoms with van der Waals surface area (Å²) in [6, 6.07) is 3.77. The second-order valence-corrected chi connectivity index (χ2v) is 9.77. The number of hydrogen-bond donors (Lipinski definition) is 2. The molecule has 178 valence electrons. The zero-order valence-electron chi connectivity index (χ0n) is 19.8. The topological polar surface area (TPSA) is 137 Å². The summed E-state index contributed by atoms with van der Waals surface area (Å²) < 4.78 is 1.71. The van der Waals surface area contributed by atoms with Crippen molar-refractivity contribution in [1.82, 2.24) is 34.5 Å². The fraction of sp³-hybridized carbons (Fsp3) is 0.400. The molecule has 5 heterocycles. The molecule has 1 saturated carbocycles. The van der Waals surface area contributed by atoms with Gasteiger partial charge in [-0.1, -0.05) is 38.2 Å². The van der Waals surface area contributed by atoms with Crippen molar-refractivity contribution in [1.29, 1.82) is 0 Å². The highest BCUT2D eigenvalue weighted by atomic mass is 16.2. The van der Waals surface area contributed by atoms with E-state index in [0.717, 1.165) is 23.3 Å². The van der Waals surface area contributed by atoms with Gasteiger partial charge in [0.1, 0.15) is 29.1 Å². The van der Waals surface area contributed by atoms with Crippen LogP contribution in [0.25, 0.3) is 17.2 Å². The number of nitrogens with zero attached hydrogens (tertiary/aromatic N) is 7. The first-order valence-electron chi connectivity index (χ1n) is 12.1. The maximum absolute atomic E-state index is 13.1. The number of anilines is 2. The average Bonchev–Trinajstić information content (AvgIpc) is 3.43. The van der Waals surface area contributed by atoms with E-state index in [4.69, 9.17) is 10.7 Å². The van der Waals surface area contributed by atoms with Crippen molar-refractivity contribution in [2.75, 3.05) is 11.1 Å². The smallest absolute Gasteiger partial charge is 0.242 e. The zero-order chi connectivity index (χ0) is 24.2. The molecule has 1 fully saturated rings. The molecule has 10 nitrogen and oxygen atoms in total. The quantitative estimate of drug-likeness (QED) is 0.465. The van der Waals surface area contributed by atoms with Crippen molar-refractivity contribution < 1.29 is 4.79 Å². The molecule has 1 atom stereocenters. The van der Waals surface area contributed by atoms with Gasteiger partial charge in [-0.3, -0.25) is 9.78 Å². The molecule has 4 aromatic heterocycles. The highest BCUT2D eigenvalue weighted by molar-refractivity contribution is 6.08. The maximum Gasteiger partial charge on any atom is 0.242 e. The van der Waals surface area contributed by atoms with Crippen molar-refractivity contribution in [3.8, 4) is 11.5 Å². The molecule has 1 aliphatic heterocycles. The van der Waals surface area contributed by atoms with E-state index in [2.05, 4.69) is 30.4 Å². The van der Waals surface area contributed by atoms with Crippen molar-refractivity contribution in [2.45, 2.75) is 57.8 Å². The van der Waals surface area contributed by atoms with Crippen LogP contribution < -0.4 is 11.1 Å². The van der Waals surface area contributed by atoms with Crippen molar-refractivity contribution in [2.24, 2.45) is 5.92 Å². The molecule has 0 saturated heterocycles. The molecule has 6 rings (SSSR count). The van der Waals surface area contributed by atoms with E-state index < -0.39 is 5.41 Å². The van der Waals surface area contributed by atoms with Crippen LogP contribution >= 0.6 is 0 Å². The minimum absolute atomic E-state index is 0.225. The molecular formula is C25H27N9O. The van der Waals surface area contributed by atoms with E-state index in [1.54, 1.807) is 23.8 Å². The molecule has 10 heteroatoms. The third kappa shape index (κ3) is 3.51. The monoisotopic (exact) mass is 469 g/mol. The maximum atomic E-state index is 13.1. The van der Waals surface area contributed by atoms with E-state index in [0.29, 0.717) is 34.5 Å². The third-order valence-corrected chi connectivity index (χ3v) is 7.31. The first-order valence-corrected chi connectivity index (χ1v) is 12.1. The fourth-order valence-electron chi connectivity index (χ4n) is 5.33. The number of amides is 1. The molecule has 35 heavy (non-hydrogen) atoms. The summed E-state index contributed by atoms with van der Waals surface area (Å²) in [7, 11) is 0. The number of nitrogens with one attached hydrogen (secondary N) is 1. The number of hydrogen-bond acceptors (Lipinski definition) is 8. The van der Waals surface area contributed by atoms with Gasteiger partial charge in [0.25, 0.3) is 0 Å². The summed E-state index contributed by atoms with van der Waals surface area (Å²) in [5.74, 6) is 1.30. The normalized spacial score (nSPS) is 20.2. The SMILES string of the molecule is Cc1ccc(C2(C)C(=O)Nc3nc(-c4cn5ncnc5c(CC5CCCCC5)n4)nc(N)c32)nc1. The Morgan fingerprint density at radius 2 is 1.97 bits per heavy atom. The number of nitrogens with two attached hydrogens (primary N) is 1. The summed E-state index contributed by atoms with van der Waals surface area (Å²) in [4.78, 5) is 36.2. The Balaban J connectivity index is 1.43. The molecule has 0 aromatic carbocycles. The van der Waals surface area contributed by atoms with Gasteiger partial charge in [0, 0.05) is 6.20 Å². The van der Waals surface area contributed by atoms with Crippen LogP contribution in [-0.4, -0.2) is 40.4 Å². The van der Waals surface area contributed by atoms with Crippen LogP contribution in [0, 0.1) is 12.8 Å². The van der Waals surface area contributed by atoms with Crippen LogP contribution in [0.2, 0.25) is 0 Å². The number of fused-ring (bicyclic) bond motifs is 2. The van der Waals surface area contributed by atoms with Gasteiger partial charge in [0.15, 0.2) is 11.5 Å². The van der Waals surface area contributed by atoms with Gasteiger partial charge in [-0.2, -0.15) is 5.10 Å². The number of nitrogen functional groups attached to an aromatic ring is 1. The molecule has 3 N–H and O–H groups in total. The second kappa shape index (κ2) is 8.07. The molecule has 0 spiro atoms. The summed E-state index contributed by atoms with van der Waals surface area (Å²) in [6.45, 7) is 3.75. The van der Waals surface area contributed by atoms with Crippen molar-refractivity contribution in [3.63, 3.8) is 0 Å². The van der Waals surface area contributed by atoms with E-state index in [1.807, 2.05) is 19.1 Å². The Morgan fingerprint density at radius 3 is 2.74 bits per heavy atom. The fourth-order valence-corrected chi connectivity index (χ4v) is 5.33. The summed E-state index contributed by atoms with van der Waals surface area (Å²) in [6.07, 6.45) is 12.1. The molecular weight excluding hydrogens is 442 g/mol. The molecule has 1 amide bonds. The number of aromatic nitrogens is 7. The number of carbonyl (C=O) groups is 1. The molecule has 4 aromatic rings. The molecule has 2 aliphatic rings. The number of rotatable bonds is 4. The highest BCUT2D eigenvalue weighted by Crippen LogP contribution is 2.44. The highest BCUT2D eigenvalue weighted by Gasteiger charge is 2.48. The van der Waals surface area contributed by atoms with Crippen LogP contribution in [0.5, 0.6) is 0 Å². The minimum atomic E-state index is -1.08. The molecule has 1 aliphatic carbocycles. The predicted octanol–water partition coefficient (Wildman–Crippen LogP) is 3.25. The van der Waals surface area contributed by atoms with Crippen molar-refractivity contribution >= 4 is 23.2 Å². The lowest BCUT2D eigenvalue weighted by atomic mass is 9.80. The van der Waals surface area contributed by atoms with Crippen LogP contribution in [0.15, 0.2) is 30.9 Å². The lowest BCUT2D eigenvalue weighted by Gasteiger charge is -2.22. The zero-order valence-corrected chi connectivity index (χ0v) is 19.8. The number of aryl methyl sites for hydroxylation is 1. The lowest BCUT2D eigenvalue weighted by molar-refractivity contribution is -0.119.